The van der Waals surface area contributed by atoms with E-state index < -0.39 is 0 Å². The second-order valence-corrected chi connectivity index (χ2v) is 6.70. The van der Waals surface area contributed by atoms with Crippen LogP contribution in [0.4, 0.5) is 4.79 Å². The maximum absolute atomic E-state index is 11.6. The number of unbranched alkanes of at least 4 members (excludes halogenated alkanes) is 2. The topological polar surface area (TPSA) is 42.1 Å². The zero-order chi connectivity index (χ0) is 15.3. The third kappa shape index (κ3) is 4.60. The van der Waals surface area contributed by atoms with Crippen LogP contribution in [-0.4, -0.2) is 42.4 Å². The lowest BCUT2D eigenvalue weighted by molar-refractivity contribution is 0.104. The van der Waals surface area contributed by atoms with Crippen LogP contribution < -0.4 is 0 Å². The van der Waals surface area contributed by atoms with Gasteiger partial charge in [0.2, 0.25) is 0 Å². The molecule has 3 atom stereocenters. The van der Waals surface area contributed by atoms with Crippen molar-refractivity contribution in [3.63, 3.8) is 0 Å². The largest absolute Gasteiger partial charge is 0.449 e. The fourth-order valence-corrected chi connectivity index (χ4v) is 3.43. The van der Waals surface area contributed by atoms with Crippen LogP contribution in [0.15, 0.2) is 0 Å². The number of hydrogen-bond donors (Lipinski definition) is 0. The maximum Gasteiger partial charge on any atom is 0.409 e. The van der Waals surface area contributed by atoms with E-state index in [1.165, 1.54) is 32.1 Å². The number of carbonyl (C=O) groups is 1. The highest BCUT2D eigenvalue weighted by Crippen LogP contribution is 2.50. The lowest BCUT2D eigenvalue weighted by Gasteiger charge is -2.22. The molecular weight excluding hydrogens is 266 g/mol. The van der Waals surface area contributed by atoms with Gasteiger partial charge in [-0.25, -0.2) is 4.79 Å². The normalized spacial score (nSPS) is 30.6. The fourth-order valence-electron chi connectivity index (χ4n) is 3.43. The van der Waals surface area contributed by atoms with Crippen molar-refractivity contribution in [2.45, 2.75) is 77.4 Å². The van der Waals surface area contributed by atoms with Crippen molar-refractivity contribution in [2.24, 2.45) is 5.92 Å². The van der Waals surface area contributed by atoms with Gasteiger partial charge in [0.05, 0.1) is 18.3 Å². The Morgan fingerprint density at radius 3 is 2.71 bits per heavy atom. The van der Waals surface area contributed by atoms with Gasteiger partial charge in [-0.2, -0.15) is 0 Å². The Bertz CT molecular complexity index is 343. The fraction of sp³-hybridized carbons (Fsp3) is 0.941. The van der Waals surface area contributed by atoms with Gasteiger partial charge in [-0.1, -0.05) is 19.3 Å². The number of ether oxygens (including phenoxy) is 2. The molecule has 0 spiro atoms. The molecule has 21 heavy (non-hydrogen) atoms. The van der Waals surface area contributed by atoms with E-state index in [1.54, 1.807) is 4.90 Å². The highest BCUT2D eigenvalue weighted by molar-refractivity contribution is 5.67. The molecule has 1 saturated heterocycles. The van der Waals surface area contributed by atoms with Gasteiger partial charge in [-0.3, -0.25) is 0 Å². The van der Waals surface area contributed by atoms with Crippen LogP contribution in [-0.2, 0) is 9.47 Å². The van der Waals surface area contributed by atoms with Crippen molar-refractivity contribution < 1.29 is 14.3 Å². The number of amides is 1. The van der Waals surface area contributed by atoms with Gasteiger partial charge in [-0.15, -0.1) is 0 Å². The summed E-state index contributed by atoms with van der Waals surface area (Å²) >= 11 is 0. The molecule has 3 unspecified atom stereocenters. The summed E-state index contributed by atoms with van der Waals surface area (Å²) in [5.41, 5.74) is 0.245. The van der Waals surface area contributed by atoms with E-state index in [0.29, 0.717) is 12.7 Å². The molecule has 0 N–H and O–H groups in total. The van der Waals surface area contributed by atoms with Gasteiger partial charge >= 0.3 is 6.09 Å². The van der Waals surface area contributed by atoms with E-state index in [9.17, 15) is 4.79 Å². The summed E-state index contributed by atoms with van der Waals surface area (Å²) in [6.45, 7) is 8.20. The first-order valence-corrected chi connectivity index (χ1v) is 8.68. The lowest BCUT2D eigenvalue weighted by atomic mass is 9.80. The third-order valence-corrected chi connectivity index (χ3v) is 5.14. The summed E-state index contributed by atoms with van der Waals surface area (Å²) in [5.74, 6) is 0.851. The van der Waals surface area contributed by atoms with E-state index in [2.05, 4.69) is 6.92 Å². The molecule has 1 saturated carbocycles. The van der Waals surface area contributed by atoms with E-state index in [4.69, 9.17) is 9.47 Å². The van der Waals surface area contributed by atoms with E-state index in [-0.39, 0.29) is 11.7 Å². The minimum Gasteiger partial charge on any atom is -0.449 e. The molecule has 0 bridgehead atoms. The van der Waals surface area contributed by atoms with E-state index in [1.807, 2.05) is 13.8 Å². The van der Waals surface area contributed by atoms with E-state index >= 15 is 0 Å². The Morgan fingerprint density at radius 2 is 2.05 bits per heavy atom. The molecule has 2 rings (SSSR count). The molecule has 1 aliphatic carbocycles. The van der Waals surface area contributed by atoms with Crippen molar-refractivity contribution in [3.05, 3.63) is 0 Å². The van der Waals surface area contributed by atoms with Crippen LogP contribution in [0.2, 0.25) is 0 Å². The molecule has 4 heteroatoms. The highest BCUT2D eigenvalue weighted by Gasteiger charge is 2.54. The third-order valence-electron chi connectivity index (χ3n) is 5.14. The molecule has 0 aromatic carbocycles. The number of fused-ring (bicyclic) bond motifs is 1. The first-order valence-electron chi connectivity index (χ1n) is 8.68. The molecule has 0 aromatic rings. The lowest BCUT2D eigenvalue weighted by Crippen LogP contribution is -2.31. The number of nitrogens with zero attached hydrogens (tertiary/aromatic N) is 1. The molecule has 1 aliphatic heterocycles. The van der Waals surface area contributed by atoms with Crippen molar-refractivity contribution in [2.75, 3.05) is 19.7 Å². The number of carbonyl (C=O) groups excluding carboxylic acids is 1. The highest BCUT2D eigenvalue weighted by atomic mass is 16.6. The first kappa shape index (κ1) is 16.6. The second kappa shape index (κ2) is 7.48. The zero-order valence-corrected chi connectivity index (χ0v) is 13.9. The SMILES string of the molecule is CCN(CC)C(=O)OCCCCCC1CCC2(C)OC2C1. The molecule has 1 amide bonds. The van der Waals surface area contributed by atoms with Gasteiger partial charge in [-0.05, 0) is 52.4 Å². The Morgan fingerprint density at radius 1 is 1.29 bits per heavy atom. The minimum atomic E-state index is -0.169. The summed E-state index contributed by atoms with van der Waals surface area (Å²) in [6.07, 6.45) is 8.89. The predicted molar refractivity (Wildman–Crippen MR) is 83.4 cm³/mol. The van der Waals surface area contributed by atoms with Crippen LogP contribution in [0.25, 0.3) is 0 Å². The maximum atomic E-state index is 11.6. The van der Waals surface area contributed by atoms with Crippen molar-refractivity contribution in [1.29, 1.82) is 0 Å². The molecule has 2 aliphatic rings. The van der Waals surface area contributed by atoms with Crippen LogP contribution in [0.3, 0.4) is 0 Å². The Labute approximate surface area is 129 Å². The molecule has 2 fully saturated rings. The van der Waals surface area contributed by atoms with Gasteiger partial charge in [0.1, 0.15) is 0 Å². The average Bonchev–Trinajstić information content (AvgIpc) is 3.14. The molecule has 0 aromatic heterocycles. The zero-order valence-electron chi connectivity index (χ0n) is 13.9. The standard InChI is InChI=1S/C17H31NO3/c1-4-18(5-2)16(19)20-12-8-6-7-9-14-10-11-17(3)15(13-14)21-17/h14-15H,4-13H2,1-3H3. The molecule has 4 nitrogen and oxygen atoms in total. The summed E-state index contributed by atoms with van der Waals surface area (Å²) in [7, 11) is 0. The predicted octanol–water partition coefficient (Wildman–Crippen LogP) is 3.98. The minimum absolute atomic E-state index is 0.169. The monoisotopic (exact) mass is 297 g/mol. The van der Waals surface area contributed by atoms with Gasteiger partial charge < -0.3 is 14.4 Å². The van der Waals surface area contributed by atoms with E-state index in [0.717, 1.165) is 31.8 Å². The molecule has 0 radical (unpaired) electrons. The molecule has 122 valence electrons. The van der Waals surface area contributed by atoms with Crippen molar-refractivity contribution in [1.82, 2.24) is 4.90 Å². The Balaban J connectivity index is 1.46. The van der Waals surface area contributed by atoms with Gasteiger partial charge in [0.15, 0.2) is 0 Å². The Kier molecular flexibility index (Phi) is 5.91. The van der Waals surface area contributed by atoms with Gasteiger partial charge in [0, 0.05) is 13.1 Å². The van der Waals surface area contributed by atoms with Crippen LogP contribution >= 0.6 is 0 Å². The smallest absolute Gasteiger partial charge is 0.409 e. The quantitative estimate of drug-likeness (QED) is 0.502. The Hall–Kier alpha value is -0.770. The molecular formula is C17H31NO3. The number of epoxide rings is 1. The summed E-state index contributed by atoms with van der Waals surface area (Å²) in [4.78, 5) is 13.4. The number of hydrogen-bond acceptors (Lipinski definition) is 3. The van der Waals surface area contributed by atoms with Crippen LogP contribution in [0.5, 0.6) is 0 Å². The second-order valence-electron chi connectivity index (χ2n) is 6.70. The summed E-state index contributed by atoms with van der Waals surface area (Å²) in [6, 6.07) is 0. The average molecular weight is 297 g/mol. The van der Waals surface area contributed by atoms with Crippen LogP contribution in [0, 0.1) is 5.92 Å². The van der Waals surface area contributed by atoms with Crippen molar-refractivity contribution in [3.8, 4) is 0 Å². The molecule has 1 heterocycles. The van der Waals surface area contributed by atoms with Gasteiger partial charge in [0.25, 0.3) is 0 Å². The first-order chi connectivity index (χ1) is 10.1. The summed E-state index contributed by atoms with van der Waals surface area (Å²) in [5, 5.41) is 0. The summed E-state index contributed by atoms with van der Waals surface area (Å²) < 4.78 is 11.0. The number of rotatable bonds is 8. The van der Waals surface area contributed by atoms with Crippen LogP contribution in [0.1, 0.15) is 65.7 Å². The van der Waals surface area contributed by atoms with Crippen molar-refractivity contribution >= 4 is 6.09 Å².